The Kier molecular flexibility index (Phi) is 4.14. The van der Waals surface area contributed by atoms with E-state index < -0.39 is 20.6 Å². The van der Waals surface area contributed by atoms with Crippen molar-refractivity contribution >= 4 is 37.3 Å². The molecule has 2 aromatic carbocycles. The minimum absolute atomic E-state index is 0.0487. The molecule has 0 aliphatic carbocycles. The van der Waals surface area contributed by atoms with Crippen LogP contribution < -0.4 is 4.72 Å². The summed E-state index contributed by atoms with van der Waals surface area (Å²) in [6.45, 7) is 0. The monoisotopic (exact) mass is 372 g/mol. The smallest absolute Gasteiger partial charge is 0.297 e. The molecule has 21 heavy (non-hydrogen) atoms. The molecule has 0 unspecified atom stereocenters. The van der Waals surface area contributed by atoms with E-state index in [2.05, 4.69) is 20.7 Å². The summed E-state index contributed by atoms with van der Waals surface area (Å²) in [5.74, 6) is -0.328. The highest BCUT2D eigenvalue weighted by atomic mass is 79.9. The van der Waals surface area contributed by atoms with Crippen molar-refractivity contribution in [3.63, 3.8) is 0 Å². The van der Waals surface area contributed by atoms with Crippen LogP contribution in [0.1, 0.15) is 0 Å². The van der Waals surface area contributed by atoms with Gasteiger partial charge in [-0.05, 0) is 40.2 Å². The number of benzene rings is 2. The molecule has 0 bridgehead atoms. The number of nitro benzene ring substituents is 1. The second kappa shape index (κ2) is 5.70. The maximum absolute atomic E-state index is 12.3. The van der Waals surface area contributed by atoms with Crippen LogP contribution in [0.4, 0.5) is 11.4 Å². The van der Waals surface area contributed by atoms with Crippen molar-refractivity contribution in [2.45, 2.75) is 4.90 Å². The first-order chi connectivity index (χ1) is 9.81. The van der Waals surface area contributed by atoms with Gasteiger partial charge < -0.3 is 5.11 Å². The van der Waals surface area contributed by atoms with Crippen molar-refractivity contribution in [2.75, 3.05) is 4.72 Å². The molecule has 7 nitrogen and oxygen atoms in total. The number of nitrogens with one attached hydrogen (secondary N) is 1. The van der Waals surface area contributed by atoms with Crippen LogP contribution in [0.15, 0.2) is 51.8 Å². The second-order valence-electron chi connectivity index (χ2n) is 3.99. The largest absolute Gasteiger partial charge is 0.508 e. The molecule has 0 aliphatic rings. The molecule has 0 amide bonds. The number of hydrogen-bond donors (Lipinski definition) is 2. The van der Waals surface area contributed by atoms with Crippen molar-refractivity contribution in [3.05, 3.63) is 57.1 Å². The standard InChI is InChI=1S/C12H9BrN2O5S/c13-9-3-1-2-4-12(9)21(19,20)14-10-6-5-8(16)7-11(10)15(17)18/h1-7,14,16H. The van der Waals surface area contributed by atoms with Crippen LogP contribution in [0.3, 0.4) is 0 Å². The molecule has 0 radical (unpaired) electrons. The molecular weight excluding hydrogens is 364 g/mol. The molecular formula is C12H9BrN2O5S. The maximum atomic E-state index is 12.3. The van der Waals surface area contributed by atoms with E-state index in [9.17, 15) is 23.6 Å². The van der Waals surface area contributed by atoms with Crippen LogP contribution >= 0.6 is 15.9 Å². The average molecular weight is 373 g/mol. The lowest BCUT2D eigenvalue weighted by molar-refractivity contribution is -0.384. The fourth-order valence-corrected chi connectivity index (χ4v) is 3.70. The number of sulfonamides is 1. The SMILES string of the molecule is O=[N+]([O-])c1cc(O)ccc1NS(=O)(=O)c1ccccc1Br. The Bertz CT molecular complexity index is 807. The van der Waals surface area contributed by atoms with E-state index in [-0.39, 0.29) is 16.3 Å². The number of phenolic OH excluding ortho intramolecular Hbond substituents is 1. The number of halogens is 1. The fraction of sp³-hybridized carbons (Fsp3) is 0. The van der Waals surface area contributed by atoms with Crippen molar-refractivity contribution in [3.8, 4) is 5.75 Å². The first kappa shape index (κ1) is 15.3. The molecule has 0 aliphatic heterocycles. The summed E-state index contributed by atoms with van der Waals surface area (Å²) in [4.78, 5) is 10.1. The molecule has 2 aromatic rings. The van der Waals surface area contributed by atoms with Crippen LogP contribution in [0, 0.1) is 10.1 Å². The molecule has 2 rings (SSSR count). The van der Waals surface area contributed by atoms with Gasteiger partial charge in [-0.1, -0.05) is 12.1 Å². The van der Waals surface area contributed by atoms with Gasteiger partial charge >= 0.3 is 0 Å². The molecule has 0 atom stereocenters. The zero-order chi connectivity index (χ0) is 15.6. The molecule has 0 fully saturated rings. The molecule has 0 saturated carbocycles. The highest BCUT2D eigenvalue weighted by Crippen LogP contribution is 2.31. The van der Waals surface area contributed by atoms with Gasteiger partial charge in [0.05, 0.1) is 11.0 Å². The molecule has 0 heterocycles. The number of aromatic hydroxyl groups is 1. The van der Waals surface area contributed by atoms with Gasteiger partial charge in [0.25, 0.3) is 15.7 Å². The van der Waals surface area contributed by atoms with Crippen molar-refractivity contribution in [1.29, 1.82) is 0 Å². The second-order valence-corrected chi connectivity index (χ2v) is 6.50. The lowest BCUT2D eigenvalue weighted by Gasteiger charge is -2.10. The third-order valence-corrected chi connectivity index (χ3v) is 4.93. The summed E-state index contributed by atoms with van der Waals surface area (Å²) in [5, 5.41) is 20.2. The Morgan fingerprint density at radius 3 is 2.48 bits per heavy atom. The fourth-order valence-electron chi connectivity index (χ4n) is 1.62. The zero-order valence-corrected chi connectivity index (χ0v) is 12.8. The Morgan fingerprint density at radius 1 is 1.19 bits per heavy atom. The molecule has 0 spiro atoms. The summed E-state index contributed by atoms with van der Waals surface area (Å²) in [5.41, 5.74) is -0.765. The Hall–Kier alpha value is -2.13. The van der Waals surface area contributed by atoms with E-state index in [1.807, 2.05) is 0 Å². The van der Waals surface area contributed by atoms with Crippen LogP contribution in [0.2, 0.25) is 0 Å². The van der Waals surface area contributed by atoms with Gasteiger partial charge in [-0.25, -0.2) is 8.42 Å². The van der Waals surface area contributed by atoms with E-state index in [0.29, 0.717) is 4.47 Å². The minimum Gasteiger partial charge on any atom is -0.508 e. The predicted molar refractivity (Wildman–Crippen MR) is 79.7 cm³/mol. The van der Waals surface area contributed by atoms with Gasteiger partial charge in [0.1, 0.15) is 16.3 Å². The number of anilines is 1. The van der Waals surface area contributed by atoms with E-state index >= 15 is 0 Å². The first-order valence-electron chi connectivity index (χ1n) is 5.56. The van der Waals surface area contributed by atoms with Crippen LogP contribution in [0.5, 0.6) is 5.75 Å². The maximum Gasteiger partial charge on any atom is 0.297 e. The Labute approximate surface area is 128 Å². The predicted octanol–water partition coefficient (Wildman–Crippen LogP) is 2.86. The number of nitrogens with zero attached hydrogens (tertiary/aromatic N) is 1. The van der Waals surface area contributed by atoms with Crippen LogP contribution in [-0.2, 0) is 10.0 Å². The lowest BCUT2D eigenvalue weighted by atomic mass is 10.2. The number of nitro groups is 1. The highest BCUT2D eigenvalue weighted by Gasteiger charge is 2.22. The Morgan fingerprint density at radius 2 is 1.86 bits per heavy atom. The van der Waals surface area contributed by atoms with Gasteiger partial charge in [0.2, 0.25) is 0 Å². The zero-order valence-electron chi connectivity index (χ0n) is 10.4. The van der Waals surface area contributed by atoms with Gasteiger partial charge in [-0.3, -0.25) is 14.8 Å². The third-order valence-electron chi connectivity index (χ3n) is 2.55. The van der Waals surface area contributed by atoms with Gasteiger partial charge in [-0.2, -0.15) is 0 Å². The first-order valence-corrected chi connectivity index (χ1v) is 7.83. The summed E-state index contributed by atoms with van der Waals surface area (Å²) < 4.78 is 27.0. The number of phenols is 1. The minimum atomic E-state index is -4.00. The third kappa shape index (κ3) is 3.31. The summed E-state index contributed by atoms with van der Waals surface area (Å²) in [7, 11) is -4.00. The summed E-state index contributed by atoms with van der Waals surface area (Å²) in [6.07, 6.45) is 0. The van der Waals surface area contributed by atoms with E-state index in [1.165, 1.54) is 12.1 Å². The van der Waals surface area contributed by atoms with E-state index in [4.69, 9.17) is 0 Å². The molecule has 0 saturated heterocycles. The van der Waals surface area contributed by atoms with Crippen molar-refractivity contribution < 1.29 is 18.4 Å². The normalized spacial score (nSPS) is 11.1. The van der Waals surface area contributed by atoms with Crippen molar-refractivity contribution in [1.82, 2.24) is 0 Å². The lowest BCUT2D eigenvalue weighted by Crippen LogP contribution is -2.14. The molecule has 9 heteroatoms. The summed E-state index contributed by atoms with van der Waals surface area (Å²) in [6, 6.07) is 9.24. The number of rotatable bonds is 4. The van der Waals surface area contributed by atoms with Gasteiger partial charge in [-0.15, -0.1) is 0 Å². The van der Waals surface area contributed by atoms with Gasteiger partial charge in [0.15, 0.2) is 0 Å². The van der Waals surface area contributed by atoms with E-state index in [0.717, 1.165) is 18.2 Å². The summed E-state index contributed by atoms with van der Waals surface area (Å²) >= 11 is 3.11. The van der Waals surface area contributed by atoms with Crippen LogP contribution in [-0.4, -0.2) is 18.4 Å². The molecule has 2 N–H and O–H groups in total. The average Bonchev–Trinajstić information content (AvgIpc) is 2.40. The van der Waals surface area contributed by atoms with E-state index in [1.54, 1.807) is 12.1 Å². The number of hydrogen-bond acceptors (Lipinski definition) is 5. The topological polar surface area (TPSA) is 110 Å². The van der Waals surface area contributed by atoms with Crippen LogP contribution in [0.25, 0.3) is 0 Å². The molecule has 0 aromatic heterocycles. The Balaban J connectivity index is 2.47. The quantitative estimate of drug-likeness (QED) is 0.487. The highest BCUT2D eigenvalue weighted by molar-refractivity contribution is 9.10. The molecule has 110 valence electrons. The van der Waals surface area contributed by atoms with Gasteiger partial charge in [0, 0.05) is 4.47 Å². The van der Waals surface area contributed by atoms with Crippen molar-refractivity contribution in [2.24, 2.45) is 0 Å².